The van der Waals surface area contributed by atoms with Gasteiger partial charge in [0.05, 0.1) is 0 Å². The number of halogens is 1. The van der Waals surface area contributed by atoms with Gasteiger partial charge in [-0.1, -0.05) is 43.1 Å². The minimum absolute atomic E-state index is 0.788. The van der Waals surface area contributed by atoms with Gasteiger partial charge in [-0.25, -0.2) is 0 Å². The number of rotatable bonds is 7. The molecule has 0 aliphatic carbocycles. The van der Waals surface area contributed by atoms with Crippen molar-refractivity contribution in [2.45, 2.75) is 38.6 Å². The first-order valence-electron chi connectivity index (χ1n) is 6.29. The molecular formula is C14H22BrNS. The Labute approximate surface area is 118 Å². The molecule has 0 saturated carbocycles. The van der Waals surface area contributed by atoms with Crippen molar-refractivity contribution >= 4 is 27.7 Å². The molecule has 96 valence electrons. The Kier molecular flexibility index (Phi) is 7.24. The van der Waals surface area contributed by atoms with Crippen molar-refractivity contribution in [3.8, 4) is 0 Å². The van der Waals surface area contributed by atoms with Crippen molar-refractivity contribution in [1.82, 2.24) is 5.32 Å². The molecule has 17 heavy (non-hydrogen) atoms. The van der Waals surface area contributed by atoms with E-state index in [0.717, 1.165) is 19.0 Å². The van der Waals surface area contributed by atoms with E-state index >= 15 is 0 Å². The van der Waals surface area contributed by atoms with Crippen LogP contribution >= 0.6 is 27.7 Å². The molecule has 0 aliphatic heterocycles. The van der Waals surface area contributed by atoms with Gasteiger partial charge in [-0.3, -0.25) is 0 Å². The van der Waals surface area contributed by atoms with Gasteiger partial charge in [0.15, 0.2) is 0 Å². The van der Waals surface area contributed by atoms with Gasteiger partial charge in [0, 0.05) is 21.7 Å². The van der Waals surface area contributed by atoms with Crippen LogP contribution in [0.15, 0.2) is 27.6 Å². The summed E-state index contributed by atoms with van der Waals surface area (Å²) in [7, 11) is 0. The normalized spacial score (nSPS) is 12.7. The van der Waals surface area contributed by atoms with Crippen LogP contribution in [0.1, 0.15) is 32.8 Å². The number of benzene rings is 1. The van der Waals surface area contributed by atoms with Crippen LogP contribution in [0.2, 0.25) is 0 Å². The van der Waals surface area contributed by atoms with E-state index in [0.29, 0.717) is 0 Å². The smallest absolute Gasteiger partial charge is 0.0216 e. The van der Waals surface area contributed by atoms with Crippen molar-refractivity contribution in [3.63, 3.8) is 0 Å². The minimum atomic E-state index is 0.788. The lowest BCUT2D eigenvalue weighted by molar-refractivity contribution is 0.636. The van der Waals surface area contributed by atoms with E-state index < -0.39 is 0 Å². The molecule has 1 nitrogen and oxygen atoms in total. The first-order chi connectivity index (χ1) is 8.17. The number of nitrogens with one attached hydrogen (secondary N) is 1. The lowest BCUT2D eigenvalue weighted by atomic mass is 10.2. The Morgan fingerprint density at radius 2 is 2.12 bits per heavy atom. The van der Waals surface area contributed by atoms with Crippen molar-refractivity contribution < 1.29 is 0 Å². The van der Waals surface area contributed by atoms with E-state index in [-0.39, 0.29) is 0 Å². The monoisotopic (exact) mass is 315 g/mol. The molecule has 3 heteroatoms. The Bertz CT molecular complexity index is 341. The highest BCUT2D eigenvalue weighted by Gasteiger charge is 2.06. The van der Waals surface area contributed by atoms with Gasteiger partial charge in [0.2, 0.25) is 0 Å². The molecule has 1 N–H and O–H groups in total. The van der Waals surface area contributed by atoms with E-state index in [1.165, 1.54) is 27.1 Å². The summed E-state index contributed by atoms with van der Waals surface area (Å²) in [6, 6.07) is 6.58. The van der Waals surface area contributed by atoms with E-state index in [9.17, 15) is 0 Å². The van der Waals surface area contributed by atoms with E-state index in [1.54, 1.807) is 0 Å². The zero-order chi connectivity index (χ0) is 12.7. The molecule has 1 aromatic carbocycles. The molecule has 0 saturated heterocycles. The SMILES string of the molecule is CCNCc1cc(Br)ccc1SCC(C)CC. The van der Waals surface area contributed by atoms with Crippen LogP contribution in [0.3, 0.4) is 0 Å². The lowest BCUT2D eigenvalue weighted by Crippen LogP contribution is -2.12. The first kappa shape index (κ1) is 15.1. The fourth-order valence-corrected chi connectivity index (χ4v) is 3.03. The Morgan fingerprint density at radius 3 is 2.76 bits per heavy atom. The highest BCUT2D eigenvalue weighted by atomic mass is 79.9. The zero-order valence-corrected chi connectivity index (χ0v) is 13.3. The Hall–Kier alpha value is 0.01000. The van der Waals surface area contributed by atoms with Gasteiger partial charge in [0.1, 0.15) is 0 Å². The topological polar surface area (TPSA) is 12.0 Å². The van der Waals surface area contributed by atoms with Crippen LogP contribution in [-0.2, 0) is 6.54 Å². The van der Waals surface area contributed by atoms with Crippen molar-refractivity contribution in [3.05, 3.63) is 28.2 Å². The first-order valence-corrected chi connectivity index (χ1v) is 8.07. The third kappa shape index (κ3) is 5.45. The summed E-state index contributed by atoms with van der Waals surface area (Å²) < 4.78 is 1.17. The molecule has 0 spiro atoms. The molecule has 0 heterocycles. The maximum atomic E-state index is 3.54. The minimum Gasteiger partial charge on any atom is -0.313 e. The van der Waals surface area contributed by atoms with Gasteiger partial charge in [0.25, 0.3) is 0 Å². The van der Waals surface area contributed by atoms with Gasteiger partial charge in [-0.05, 0) is 36.2 Å². The van der Waals surface area contributed by atoms with Gasteiger partial charge in [-0.2, -0.15) is 0 Å². The van der Waals surface area contributed by atoms with Crippen molar-refractivity contribution in [2.24, 2.45) is 5.92 Å². The quantitative estimate of drug-likeness (QED) is 0.732. The maximum absolute atomic E-state index is 3.54. The predicted molar refractivity (Wildman–Crippen MR) is 81.7 cm³/mol. The van der Waals surface area contributed by atoms with Gasteiger partial charge in [-0.15, -0.1) is 11.8 Å². The van der Waals surface area contributed by atoms with Gasteiger partial charge >= 0.3 is 0 Å². The molecule has 0 radical (unpaired) electrons. The summed E-state index contributed by atoms with van der Waals surface area (Å²) in [6.07, 6.45) is 1.26. The van der Waals surface area contributed by atoms with Crippen LogP contribution in [-0.4, -0.2) is 12.3 Å². The number of hydrogen-bond acceptors (Lipinski definition) is 2. The molecule has 0 amide bonds. The molecule has 0 bridgehead atoms. The average Bonchev–Trinajstić information content (AvgIpc) is 2.34. The van der Waals surface area contributed by atoms with Crippen LogP contribution in [0.5, 0.6) is 0 Å². The van der Waals surface area contributed by atoms with Crippen LogP contribution in [0.4, 0.5) is 0 Å². The largest absolute Gasteiger partial charge is 0.313 e. The summed E-state index contributed by atoms with van der Waals surface area (Å²) in [6.45, 7) is 8.69. The summed E-state index contributed by atoms with van der Waals surface area (Å²) >= 11 is 5.52. The predicted octanol–water partition coefficient (Wildman–Crippen LogP) is 4.70. The number of hydrogen-bond donors (Lipinski definition) is 1. The Morgan fingerprint density at radius 1 is 1.35 bits per heavy atom. The molecule has 1 atom stereocenters. The highest BCUT2D eigenvalue weighted by Crippen LogP contribution is 2.28. The standard InChI is InChI=1S/C14H22BrNS/c1-4-11(3)10-17-14-7-6-13(15)8-12(14)9-16-5-2/h6-8,11,16H,4-5,9-10H2,1-3H3. The third-order valence-corrected chi connectivity index (χ3v) is 4.75. The summed E-state index contributed by atoms with van der Waals surface area (Å²) in [4.78, 5) is 1.41. The maximum Gasteiger partial charge on any atom is 0.0216 e. The molecule has 0 aromatic heterocycles. The van der Waals surface area contributed by atoms with Crippen LogP contribution in [0.25, 0.3) is 0 Å². The average molecular weight is 316 g/mol. The van der Waals surface area contributed by atoms with E-state index in [1.807, 2.05) is 11.8 Å². The second-order valence-corrected chi connectivity index (χ2v) is 6.33. The molecular weight excluding hydrogens is 294 g/mol. The molecule has 1 aromatic rings. The Balaban J connectivity index is 2.68. The zero-order valence-electron chi connectivity index (χ0n) is 10.9. The second kappa shape index (κ2) is 8.17. The van der Waals surface area contributed by atoms with Crippen LogP contribution < -0.4 is 5.32 Å². The van der Waals surface area contributed by atoms with Gasteiger partial charge < -0.3 is 5.32 Å². The van der Waals surface area contributed by atoms with Crippen LogP contribution in [0, 0.1) is 5.92 Å². The fraction of sp³-hybridized carbons (Fsp3) is 0.571. The molecule has 0 aliphatic rings. The summed E-state index contributed by atoms with van der Waals surface area (Å²) in [5, 5.41) is 3.40. The van der Waals surface area contributed by atoms with Crippen molar-refractivity contribution in [2.75, 3.05) is 12.3 Å². The molecule has 0 fully saturated rings. The number of thioether (sulfide) groups is 1. The second-order valence-electron chi connectivity index (χ2n) is 4.36. The summed E-state index contributed by atoms with van der Waals surface area (Å²) in [5.74, 6) is 1.99. The van der Waals surface area contributed by atoms with Crippen molar-refractivity contribution in [1.29, 1.82) is 0 Å². The molecule has 1 unspecified atom stereocenters. The van der Waals surface area contributed by atoms with E-state index in [4.69, 9.17) is 0 Å². The highest BCUT2D eigenvalue weighted by molar-refractivity contribution is 9.10. The third-order valence-electron chi connectivity index (χ3n) is 2.81. The lowest BCUT2D eigenvalue weighted by Gasteiger charge is -2.12. The fourth-order valence-electron chi connectivity index (χ4n) is 1.44. The summed E-state index contributed by atoms with van der Waals surface area (Å²) in [5.41, 5.74) is 1.40. The van der Waals surface area contributed by atoms with E-state index in [2.05, 4.69) is 60.2 Å². The molecule has 1 rings (SSSR count).